The number of carbonyl (C=O) groups is 1. The highest BCUT2D eigenvalue weighted by Gasteiger charge is 2.53. The molecule has 1 heterocycles. The first-order valence-corrected chi connectivity index (χ1v) is 13.1. The predicted molar refractivity (Wildman–Crippen MR) is 133 cm³/mol. The van der Waals surface area contributed by atoms with E-state index in [0.717, 1.165) is 0 Å². The van der Waals surface area contributed by atoms with E-state index in [-0.39, 0.29) is 23.3 Å². The maximum atomic E-state index is 12.8. The molecule has 2 aromatic carbocycles. The lowest BCUT2D eigenvalue weighted by atomic mass is 10.2. The molecule has 1 fully saturated rings. The molecule has 0 spiro atoms. The predicted octanol–water partition coefficient (Wildman–Crippen LogP) is 4.57. The number of amides is 1. The van der Waals surface area contributed by atoms with Crippen molar-refractivity contribution in [2.24, 2.45) is 0 Å². The molecular formula is C27H35NO3Si. The third kappa shape index (κ3) is 4.92. The zero-order valence-corrected chi connectivity index (χ0v) is 21.1. The summed E-state index contributed by atoms with van der Waals surface area (Å²) >= 11 is 0. The van der Waals surface area contributed by atoms with Gasteiger partial charge in [-0.15, -0.1) is 6.42 Å². The number of nitrogens with zero attached hydrogens (tertiary/aromatic N) is 1. The second kappa shape index (κ2) is 9.13. The summed E-state index contributed by atoms with van der Waals surface area (Å²) in [4.78, 5) is 14.5. The van der Waals surface area contributed by atoms with Gasteiger partial charge in [0.05, 0.1) is 18.7 Å². The summed E-state index contributed by atoms with van der Waals surface area (Å²) in [6, 6.07) is 20.7. The molecule has 2 aromatic rings. The van der Waals surface area contributed by atoms with E-state index in [1.807, 2.05) is 32.9 Å². The summed E-state index contributed by atoms with van der Waals surface area (Å²) < 4.78 is 12.8. The van der Waals surface area contributed by atoms with Crippen LogP contribution in [-0.4, -0.2) is 43.6 Å². The molecule has 170 valence electrons. The highest BCUT2D eigenvalue weighted by atomic mass is 28.4. The first kappa shape index (κ1) is 24.1. The van der Waals surface area contributed by atoms with E-state index in [1.54, 1.807) is 4.90 Å². The fourth-order valence-corrected chi connectivity index (χ4v) is 9.19. The van der Waals surface area contributed by atoms with Gasteiger partial charge < -0.3 is 9.16 Å². The monoisotopic (exact) mass is 449 g/mol. The Bertz CT molecular complexity index is 915. The van der Waals surface area contributed by atoms with Crippen LogP contribution in [0.25, 0.3) is 0 Å². The van der Waals surface area contributed by atoms with Crippen molar-refractivity contribution < 1.29 is 14.0 Å². The van der Waals surface area contributed by atoms with Crippen molar-refractivity contribution in [2.45, 2.75) is 70.7 Å². The molecule has 0 bridgehead atoms. The normalized spacial score (nSPS) is 19.5. The third-order valence-electron chi connectivity index (χ3n) is 5.84. The van der Waals surface area contributed by atoms with Gasteiger partial charge in [0.2, 0.25) is 0 Å². The van der Waals surface area contributed by atoms with Crippen molar-refractivity contribution in [2.75, 3.05) is 6.54 Å². The zero-order chi connectivity index (χ0) is 23.6. The van der Waals surface area contributed by atoms with Crippen LogP contribution in [0.3, 0.4) is 0 Å². The minimum atomic E-state index is -2.72. The van der Waals surface area contributed by atoms with E-state index in [4.69, 9.17) is 15.6 Å². The van der Waals surface area contributed by atoms with Gasteiger partial charge in [0.25, 0.3) is 8.32 Å². The summed E-state index contributed by atoms with van der Waals surface area (Å²) in [5, 5.41) is 2.29. The van der Waals surface area contributed by atoms with Crippen LogP contribution in [0.1, 0.15) is 48.0 Å². The number of carbonyl (C=O) groups excluding carboxylic acids is 1. The average Bonchev–Trinajstić information content (AvgIpc) is 3.14. The van der Waals surface area contributed by atoms with Crippen molar-refractivity contribution in [1.82, 2.24) is 4.90 Å². The summed E-state index contributed by atoms with van der Waals surface area (Å²) in [5.41, 5.74) is -0.576. The van der Waals surface area contributed by atoms with Gasteiger partial charge in [0, 0.05) is 6.42 Å². The van der Waals surface area contributed by atoms with Crippen LogP contribution < -0.4 is 10.4 Å². The average molecular weight is 450 g/mol. The van der Waals surface area contributed by atoms with Gasteiger partial charge >= 0.3 is 6.09 Å². The Hall–Kier alpha value is -2.55. The second-order valence-electron chi connectivity index (χ2n) is 10.5. The molecule has 0 saturated carbocycles. The summed E-state index contributed by atoms with van der Waals surface area (Å²) in [6.45, 7) is 12.8. The summed E-state index contributed by atoms with van der Waals surface area (Å²) in [6.07, 6.45) is 5.86. The van der Waals surface area contributed by atoms with Gasteiger partial charge in [-0.05, 0) is 36.2 Å². The molecule has 1 aliphatic heterocycles. The molecule has 32 heavy (non-hydrogen) atoms. The van der Waals surface area contributed by atoms with Gasteiger partial charge in [-0.3, -0.25) is 4.90 Å². The van der Waals surface area contributed by atoms with Crippen LogP contribution >= 0.6 is 0 Å². The Morgan fingerprint density at radius 3 is 1.88 bits per heavy atom. The topological polar surface area (TPSA) is 38.8 Å². The fraction of sp³-hybridized carbons (Fsp3) is 0.444. The number of benzene rings is 2. The first-order chi connectivity index (χ1) is 15.0. The number of hydrogen-bond donors (Lipinski definition) is 0. The smallest absolute Gasteiger partial charge is 0.411 e. The molecule has 2 atom stereocenters. The van der Waals surface area contributed by atoms with Crippen molar-refractivity contribution in [3.05, 3.63) is 60.7 Å². The highest BCUT2D eigenvalue weighted by molar-refractivity contribution is 6.99. The minimum absolute atomic E-state index is 0.138. The quantitative estimate of drug-likeness (QED) is 0.507. The largest absolute Gasteiger partial charge is 0.444 e. The van der Waals surface area contributed by atoms with Crippen LogP contribution in [0.2, 0.25) is 5.04 Å². The summed E-state index contributed by atoms with van der Waals surface area (Å²) in [5.74, 6) is 2.78. The number of rotatable bonds is 4. The van der Waals surface area contributed by atoms with Crippen LogP contribution in [-0.2, 0) is 9.16 Å². The Labute approximate surface area is 194 Å². The Morgan fingerprint density at radius 2 is 1.47 bits per heavy atom. The number of likely N-dealkylation sites (tertiary alicyclic amines) is 1. The molecule has 0 radical (unpaired) electrons. The van der Waals surface area contributed by atoms with Crippen LogP contribution in [0.4, 0.5) is 4.79 Å². The Kier molecular flexibility index (Phi) is 6.88. The van der Waals surface area contributed by atoms with Gasteiger partial charge in [-0.1, -0.05) is 87.4 Å². The molecular weight excluding hydrogens is 414 g/mol. The van der Waals surface area contributed by atoms with Crippen molar-refractivity contribution in [3.8, 4) is 12.3 Å². The lowest BCUT2D eigenvalue weighted by Gasteiger charge is -2.44. The number of hydrogen-bond acceptors (Lipinski definition) is 3. The standard InChI is InChI=1S/C27H35NO3Si/c1-8-21-19-22(20-28(21)25(29)30-26(2,3)4)31-32(27(5,6)7,23-15-11-9-12-16-23)24-17-13-10-14-18-24/h1,9-18,21-22H,19-20H2,2-7H3/t21-,22+/m1/s1. The minimum Gasteiger partial charge on any atom is -0.444 e. The lowest BCUT2D eigenvalue weighted by molar-refractivity contribution is 0.0243. The molecule has 1 aliphatic rings. The van der Waals surface area contributed by atoms with E-state index < -0.39 is 13.9 Å². The van der Waals surface area contributed by atoms with Crippen molar-refractivity contribution >= 4 is 24.8 Å². The zero-order valence-electron chi connectivity index (χ0n) is 20.1. The number of ether oxygens (including phenoxy) is 1. The molecule has 0 aromatic heterocycles. The van der Waals surface area contributed by atoms with Gasteiger partial charge in [-0.2, -0.15) is 0 Å². The Morgan fingerprint density at radius 1 is 0.969 bits per heavy atom. The second-order valence-corrected chi connectivity index (χ2v) is 14.7. The maximum Gasteiger partial charge on any atom is 0.411 e. The molecule has 0 aliphatic carbocycles. The maximum absolute atomic E-state index is 12.8. The summed E-state index contributed by atoms with van der Waals surface area (Å²) in [7, 11) is -2.72. The molecule has 1 amide bonds. The fourth-order valence-electron chi connectivity index (χ4n) is 4.50. The first-order valence-electron chi connectivity index (χ1n) is 11.2. The van der Waals surface area contributed by atoms with Crippen LogP contribution in [0, 0.1) is 12.3 Å². The van der Waals surface area contributed by atoms with Crippen molar-refractivity contribution in [3.63, 3.8) is 0 Å². The van der Waals surface area contributed by atoms with E-state index in [2.05, 4.69) is 75.2 Å². The van der Waals surface area contributed by atoms with E-state index in [0.29, 0.717) is 13.0 Å². The molecule has 3 rings (SSSR count). The van der Waals surface area contributed by atoms with E-state index in [1.165, 1.54) is 10.4 Å². The SMILES string of the molecule is C#C[C@@H]1C[C@H](O[Si](c2ccccc2)(c2ccccc2)C(C)(C)C)CN1C(=O)OC(C)(C)C. The van der Waals surface area contributed by atoms with Gasteiger partial charge in [0.15, 0.2) is 0 Å². The lowest BCUT2D eigenvalue weighted by Crippen LogP contribution is -2.67. The molecule has 1 saturated heterocycles. The van der Waals surface area contributed by atoms with E-state index >= 15 is 0 Å². The Balaban J connectivity index is 2.01. The third-order valence-corrected chi connectivity index (χ3v) is 10.9. The molecule has 5 heteroatoms. The molecule has 4 nitrogen and oxygen atoms in total. The van der Waals surface area contributed by atoms with Gasteiger partial charge in [0.1, 0.15) is 5.60 Å². The van der Waals surface area contributed by atoms with Crippen molar-refractivity contribution in [1.29, 1.82) is 0 Å². The van der Waals surface area contributed by atoms with E-state index in [9.17, 15) is 4.79 Å². The molecule has 0 unspecified atom stereocenters. The number of terminal acetylenes is 1. The molecule has 0 N–H and O–H groups in total. The highest BCUT2D eigenvalue weighted by Crippen LogP contribution is 2.39. The van der Waals surface area contributed by atoms with Crippen LogP contribution in [0.5, 0.6) is 0 Å². The van der Waals surface area contributed by atoms with Crippen LogP contribution in [0.15, 0.2) is 60.7 Å². The van der Waals surface area contributed by atoms with Gasteiger partial charge in [-0.25, -0.2) is 4.79 Å².